The molecule has 0 bridgehead atoms. The summed E-state index contributed by atoms with van der Waals surface area (Å²) in [6.07, 6.45) is -4.61. The highest BCUT2D eigenvalue weighted by molar-refractivity contribution is 6.07. The minimum Gasteiger partial charge on any atom is -0.327 e. The fraction of sp³-hybridized carbons (Fsp3) is 0.158. The molecule has 3 N–H and O–H groups in total. The Kier molecular flexibility index (Phi) is 4.89. The summed E-state index contributed by atoms with van der Waals surface area (Å²) >= 11 is 0. The van der Waals surface area contributed by atoms with E-state index in [9.17, 15) is 22.8 Å². The molecule has 3 amide bonds. The van der Waals surface area contributed by atoms with E-state index in [4.69, 9.17) is 0 Å². The Hall–Kier alpha value is -3.29. The second kappa shape index (κ2) is 7.14. The highest BCUT2D eigenvalue weighted by atomic mass is 19.4. The first kappa shape index (κ1) is 18.5. The van der Waals surface area contributed by atoms with Gasteiger partial charge in [0.15, 0.2) is 0 Å². The van der Waals surface area contributed by atoms with Crippen molar-refractivity contribution in [2.45, 2.75) is 19.1 Å². The lowest BCUT2D eigenvalue weighted by Crippen LogP contribution is -2.46. The molecule has 27 heavy (non-hydrogen) atoms. The van der Waals surface area contributed by atoms with Crippen molar-refractivity contribution >= 4 is 17.6 Å². The van der Waals surface area contributed by atoms with Crippen molar-refractivity contribution in [1.82, 2.24) is 10.6 Å². The number of alkyl halides is 3. The zero-order valence-electron chi connectivity index (χ0n) is 14.2. The van der Waals surface area contributed by atoms with E-state index in [2.05, 4.69) is 16.0 Å². The molecular formula is C19H16F3N3O2. The lowest BCUT2D eigenvalue weighted by molar-refractivity contribution is -0.137. The molecule has 0 spiro atoms. The maximum absolute atomic E-state index is 13.2. The van der Waals surface area contributed by atoms with E-state index in [0.717, 1.165) is 6.07 Å². The number of urea groups is 1. The van der Waals surface area contributed by atoms with Gasteiger partial charge in [-0.1, -0.05) is 42.5 Å². The average molecular weight is 375 g/mol. The standard InChI is InChI=1S/C19H16F3N3O2/c1-11-15(16(25-18(27)23-11)12-7-3-2-4-8-12)17(26)24-14-10-6-5-9-13(14)19(20,21)22/h2-10,16H,1H3,(H,24,26)(H2,23,25,27)/t16-/m1/s1. The maximum Gasteiger partial charge on any atom is 0.418 e. The molecule has 0 aliphatic carbocycles. The summed E-state index contributed by atoms with van der Waals surface area (Å²) in [5, 5.41) is 7.44. The number of amides is 3. The topological polar surface area (TPSA) is 70.2 Å². The van der Waals surface area contributed by atoms with Crippen LogP contribution in [0.25, 0.3) is 0 Å². The Bertz CT molecular complexity index is 908. The third-order valence-corrected chi connectivity index (χ3v) is 4.13. The van der Waals surface area contributed by atoms with E-state index in [1.807, 2.05) is 0 Å². The first-order chi connectivity index (χ1) is 12.8. The summed E-state index contributed by atoms with van der Waals surface area (Å²) in [6.45, 7) is 1.53. The van der Waals surface area contributed by atoms with Crippen molar-refractivity contribution in [3.05, 3.63) is 77.0 Å². The molecule has 0 radical (unpaired) electrons. The van der Waals surface area contributed by atoms with E-state index >= 15 is 0 Å². The van der Waals surface area contributed by atoms with E-state index in [1.165, 1.54) is 25.1 Å². The molecule has 2 aromatic carbocycles. The molecule has 8 heteroatoms. The largest absolute Gasteiger partial charge is 0.418 e. The normalized spacial score (nSPS) is 17.2. The molecular weight excluding hydrogens is 359 g/mol. The van der Waals surface area contributed by atoms with Crippen LogP contribution in [0.3, 0.4) is 0 Å². The van der Waals surface area contributed by atoms with Gasteiger partial charge in [0, 0.05) is 5.70 Å². The Balaban J connectivity index is 1.97. The van der Waals surface area contributed by atoms with Crippen molar-refractivity contribution in [3.8, 4) is 0 Å². The Morgan fingerprint density at radius 3 is 2.33 bits per heavy atom. The second-order valence-electron chi connectivity index (χ2n) is 5.98. The van der Waals surface area contributed by atoms with E-state index in [1.54, 1.807) is 30.3 Å². The van der Waals surface area contributed by atoms with Crippen LogP contribution in [-0.4, -0.2) is 11.9 Å². The molecule has 0 saturated heterocycles. The number of carbonyl (C=O) groups is 2. The van der Waals surface area contributed by atoms with Crippen LogP contribution in [0.5, 0.6) is 0 Å². The number of nitrogens with one attached hydrogen (secondary N) is 3. The zero-order chi connectivity index (χ0) is 19.6. The summed E-state index contributed by atoms with van der Waals surface area (Å²) in [7, 11) is 0. The fourth-order valence-electron chi connectivity index (χ4n) is 2.92. The molecule has 1 atom stereocenters. The van der Waals surface area contributed by atoms with E-state index in [-0.39, 0.29) is 17.0 Å². The monoisotopic (exact) mass is 375 g/mol. The third-order valence-electron chi connectivity index (χ3n) is 4.13. The molecule has 1 heterocycles. The predicted molar refractivity (Wildman–Crippen MR) is 93.6 cm³/mol. The lowest BCUT2D eigenvalue weighted by atomic mass is 9.95. The van der Waals surface area contributed by atoms with Gasteiger partial charge in [-0.25, -0.2) is 4.79 Å². The Morgan fingerprint density at radius 2 is 1.67 bits per heavy atom. The molecule has 0 aromatic heterocycles. The summed E-state index contributed by atoms with van der Waals surface area (Å²) in [6, 6.07) is 12.2. The number of carbonyl (C=O) groups excluding carboxylic acids is 2. The summed E-state index contributed by atoms with van der Waals surface area (Å²) in [5.41, 5.74) is -0.243. The third kappa shape index (κ3) is 3.94. The summed E-state index contributed by atoms with van der Waals surface area (Å²) in [5.74, 6) is -0.731. The number of rotatable bonds is 3. The summed E-state index contributed by atoms with van der Waals surface area (Å²) in [4.78, 5) is 24.7. The highest BCUT2D eigenvalue weighted by Gasteiger charge is 2.35. The minimum absolute atomic E-state index is 0.137. The van der Waals surface area contributed by atoms with Gasteiger partial charge in [0.25, 0.3) is 5.91 Å². The minimum atomic E-state index is -4.61. The molecule has 140 valence electrons. The highest BCUT2D eigenvalue weighted by Crippen LogP contribution is 2.35. The van der Waals surface area contributed by atoms with Crippen LogP contribution in [0.4, 0.5) is 23.7 Å². The molecule has 1 aliphatic rings. The number of allylic oxidation sites excluding steroid dienone is 1. The van der Waals surface area contributed by atoms with Crippen molar-refractivity contribution in [3.63, 3.8) is 0 Å². The van der Waals surface area contributed by atoms with E-state index < -0.39 is 29.7 Å². The van der Waals surface area contributed by atoms with Gasteiger partial charge in [-0.2, -0.15) is 13.2 Å². The summed E-state index contributed by atoms with van der Waals surface area (Å²) < 4.78 is 39.5. The maximum atomic E-state index is 13.2. The quantitative estimate of drug-likeness (QED) is 0.760. The molecule has 1 aliphatic heterocycles. The molecule has 3 rings (SSSR count). The van der Waals surface area contributed by atoms with Gasteiger partial charge < -0.3 is 16.0 Å². The molecule has 0 fully saturated rings. The van der Waals surface area contributed by atoms with Gasteiger partial charge in [0.2, 0.25) is 0 Å². The van der Waals surface area contributed by atoms with E-state index in [0.29, 0.717) is 5.56 Å². The van der Waals surface area contributed by atoms with Crippen LogP contribution in [-0.2, 0) is 11.0 Å². The number of anilines is 1. The van der Waals surface area contributed by atoms with Gasteiger partial charge in [0.05, 0.1) is 22.9 Å². The number of para-hydroxylation sites is 1. The van der Waals surface area contributed by atoms with Crippen molar-refractivity contribution in [1.29, 1.82) is 0 Å². The van der Waals surface area contributed by atoms with Crippen LogP contribution in [0.2, 0.25) is 0 Å². The molecule has 5 nitrogen and oxygen atoms in total. The van der Waals surface area contributed by atoms with Gasteiger partial charge >= 0.3 is 12.2 Å². The van der Waals surface area contributed by atoms with Crippen molar-refractivity contribution < 1.29 is 22.8 Å². The van der Waals surface area contributed by atoms with Crippen LogP contribution in [0.15, 0.2) is 65.9 Å². The smallest absolute Gasteiger partial charge is 0.327 e. The van der Waals surface area contributed by atoms with Crippen LogP contribution >= 0.6 is 0 Å². The Morgan fingerprint density at radius 1 is 1.04 bits per heavy atom. The average Bonchev–Trinajstić information content (AvgIpc) is 2.61. The predicted octanol–water partition coefficient (Wildman–Crippen LogP) is 3.97. The fourth-order valence-corrected chi connectivity index (χ4v) is 2.92. The number of benzene rings is 2. The van der Waals surface area contributed by atoms with Crippen LogP contribution < -0.4 is 16.0 Å². The van der Waals surface area contributed by atoms with Gasteiger partial charge in [-0.15, -0.1) is 0 Å². The molecule has 2 aromatic rings. The first-order valence-corrected chi connectivity index (χ1v) is 8.08. The van der Waals surface area contributed by atoms with Crippen LogP contribution in [0.1, 0.15) is 24.1 Å². The second-order valence-corrected chi connectivity index (χ2v) is 5.98. The SMILES string of the molecule is CC1=C(C(=O)Nc2ccccc2C(F)(F)F)[C@@H](c2ccccc2)NC(=O)N1. The van der Waals surface area contributed by atoms with Gasteiger partial charge in [-0.3, -0.25) is 4.79 Å². The number of hydrogen-bond donors (Lipinski definition) is 3. The van der Waals surface area contributed by atoms with Crippen molar-refractivity contribution in [2.75, 3.05) is 5.32 Å². The van der Waals surface area contributed by atoms with Gasteiger partial charge in [-0.05, 0) is 24.6 Å². The number of halogens is 3. The van der Waals surface area contributed by atoms with Crippen molar-refractivity contribution in [2.24, 2.45) is 0 Å². The lowest BCUT2D eigenvalue weighted by Gasteiger charge is -2.29. The zero-order valence-corrected chi connectivity index (χ0v) is 14.2. The van der Waals surface area contributed by atoms with Crippen LogP contribution in [0, 0.1) is 0 Å². The van der Waals surface area contributed by atoms with Gasteiger partial charge in [0.1, 0.15) is 0 Å². The Labute approximate surface area is 153 Å². The number of hydrogen-bond acceptors (Lipinski definition) is 2. The molecule has 0 unspecified atom stereocenters. The first-order valence-electron chi connectivity index (χ1n) is 8.08. The molecule has 0 saturated carbocycles.